The van der Waals surface area contributed by atoms with E-state index in [9.17, 15) is 9.90 Å². The number of hydrogen-bond acceptors (Lipinski definition) is 4. The van der Waals surface area contributed by atoms with Gasteiger partial charge in [-0.15, -0.1) is 0 Å². The number of carbonyl (C=O) groups excluding carboxylic acids is 1. The zero-order valence-corrected chi connectivity index (χ0v) is 8.00. The highest BCUT2D eigenvalue weighted by Gasteiger charge is 2.35. The molecular formula is C10H11NO3. The van der Waals surface area contributed by atoms with E-state index in [1.165, 1.54) is 12.1 Å². The molecule has 0 aromatic heterocycles. The lowest BCUT2D eigenvalue weighted by Gasteiger charge is -2.31. The Morgan fingerprint density at radius 3 is 2.86 bits per heavy atom. The molecule has 2 N–H and O–H groups in total. The SMILES string of the molecule is CC1(C)Nc2cc(O)ccc2OC1=O. The summed E-state index contributed by atoms with van der Waals surface area (Å²) in [5, 5.41) is 12.2. The van der Waals surface area contributed by atoms with E-state index in [2.05, 4.69) is 5.32 Å². The van der Waals surface area contributed by atoms with Crippen LogP contribution in [0.2, 0.25) is 0 Å². The molecule has 0 bridgehead atoms. The van der Waals surface area contributed by atoms with Crippen LogP contribution in [-0.2, 0) is 4.79 Å². The van der Waals surface area contributed by atoms with Gasteiger partial charge in [0.15, 0.2) is 5.75 Å². The molecule has 0 radical (unpaired) electrons. The molecule has 2 rings (SSSR count). The Hall–Kier alpha value is -1.71. The zero-order valence-electron chi connectivity index (χ0n) is 8.00. The van der Waals surface area contributed by atoms with E-state index in [-0.39, 0.29) is 11.7 Å². The topological polar surface area (TPSA) is 58.6 Å². The molecule has 1 aliphatic rings. The van der Waals surface area contributed by atoms with Gasteiger partial charge in [0.25, 0.3) is 0 Å². The summed E-state index contributed by atoms with van der Waals surface area (Å²) in [4.78, 5) is 11.4. The van der Waals surface area contributed by atoms with Gasteiger partial charge in [-0.2, -0.15) is 0 Å². The predicted octanol–water partition coefficient (Wildman–Crippen LogP) is 1.50. The first kappa shape index (κ1) is 8.87. The van der Waals surface area contributed by atoms with Gasteiger partial charge in [-0.1, -0.05) is 0 Å². The first-order valence-corrected chi connectivity index (χ1v) is 4.32. The van der Waals surface area contributed by atoms with E-state index in [1.807, 2.05) is 0 Å². The van der Waals surface area contributed by atoms with Crippen molar-refractivity contribution in [1.29, 1.82) is 0 Å². The van der Waals surface area contributed by atoms with Crippen molar-refractivity contribution in [3.05, 3.63) is 18.2 Å². The van der Waals surface area contributed by atoms with E-state index in [1.54, 1.807) is 19.9 Å². The number of nitrogens with one attached hydrogen (secondary N) is 1. The van der Waals surface area contributed by atoms with Gasteiger partial charge >= 0.3 is 5.97 Å². The minimum Gasteiger partial charge on any atom is -0.508 e. The second-order valence-electron chi connectivity index (χ2n) is 3.82. The first-order valence-electron chi connectivity index (χ1n) is 4.32. The highest BCUT2D eigenvalue weighted by Crippen LogP contribution is 2.35. The molecule has 0 unspecified atom stereocenters. The molecule has 1 heterocycles. The predicted molar refractivity (Wildman–Crippen MR) is 51.4 cm³/mol. The number of anilines is 1. The van der Waals surface area contributed by atoms with Crippen molar-refractivity contribution in [2.24, 2.45) is 0 Å². The van der Waals surface area contributed by atoms with Gasteiger partial charge < -0.3 is 15.2 Å². The van der Waals surface area contributed by atoms with Crippen molar-refractivity contribution < 1.29 is 14.6 Å². The van der Waals surface area contributed by atoms with Crippen LogP contribution in [0.25, 0.3) is 0 Å². The minimum absolute atomic E-state index is 0.144. The van der Waals surface area contributed by atoms with Crippen LogP contribution in [-0.4, -0.2) is 16.6 Å². The van der Waals surface area contributed by atoms with Crippen LogP contribution in [0.4, 0.5) is 5.69 Å². The van der Waals surface area contributed by atoms with Crippen LogP contribution in [0.1, 0.15) is 13.8 Å². The molecule has 1 aromatic rings. The molecule has 0 aliphatic carbocycles. The van der Waals surface area contributed by atoms with Crippen molar-refractivity contribution in [2.75, 3.05) is 5.32 Å². The van der Waals surface area contributed by atoms with Gasteiger partial charge in [-0.3, -0.25) is 0 Å². The van der Waals surface area contributed by atoms with Crippen molar-refractivity contribution in [3.63, 3.8) is 0 Å². The van der Waals surface area contributed by atoms with Crippen LogP contribution < -0.4 is 10.1 Å². The Morgan fingerprint density at radius 2 is 2.14 bits per heavy atom. The minimum atomic E-state index is -0.749. The van der Waals surface area contributed by atoms with Crippen molar-refractivity contribution in [1.82, 2.24) is 0 Å². The van der Waals surface area contributed by atoms with Gasteiger partial charge in [-0.25, -0.2) is 4.79 Å². The third-order valence-corrected chi connectivity index (χ3v) is 2.12. The molecule has 0 spiro atoms. The molecule has 0 amide bonds. The second kappa shape index (κ2) is 2.64. The Kier molecular flexibility index (Phi) is 1.67. The van der Waals surface area contributed by atoms with Crippen molar-refractivity contribution >= 4 is 11.7 Å². The maximum atomic E-state index is 11.4. The highest BCUT2D eigenvalue weighted by molar-refractivity contribution is 5.90. The Morgan fingerprint density at radius 1 is 1.43 bits per heavy atom. The average molecular weight is 193 g/mol. The summed E-state index contributed by atoms with van der Waals surface area (Å²) in [5.41, 5.74) is -0.115. The van der Waals surface area contributed by atoms with Gasteiger partial charge in [0, 0.05) is 6.07 Å². The van der Waals surface area contributed by atoms with E-state index in [4.69, 9.17) is 4.74 Å². The molecule has 4 nitrogen and oxygen atoms in total. The lowest BCUT2D eigenvalue weighted by Crippen LogP contribution is -2.46. The molecule has 0 atom stereocenters. The normalized spacial score (nSPS) is 18.0. The molecule has 1 aliphatic heterocycles. The second-order valence-corrected chi connectivity index (χ2v) is 3.82. The molecule has 14 heavy (non-hydrogen) atoms. The van der Waals surface area contributed by atoms with Crippen LogP contribution in [0.3, 0.4) is 0 Å². The summed E-state index contributed by atoms with van der Waals surface area (Å²) in [6, 6.07) is 4.57. The average Bonchev–Trinajstić information content (AvgIpc) is 2.07. The van der Waals surface area contributed by atoms with Gasteiger partial charge in [0.2, 0.25) is 0 Å². The molecule has 4 heteroatoms. The van der Waals surface area contributed by atoms with Crippen molar-refractivity contribution in [2.45, 2.75) is 19.4 Å². The van der Waals surface area contributed by atoms with E-state index >= 15 is 0 Å². The third-order valence-electron chi connectivity index (χ3n) is 2.12. The summed E-state index contributed by atoms with van der Waals surface area (Å²) in [5.74, 6) is 0.271. The summed E-state index contributed by atoms with van der Waals surface area (Å²) < 4.78 is 5.09. The molecular weight excluding hydrogens is 182 g/mol. The fraction of sp³-hybridized carbons (Fsp3) is 0.300. The number of phenols is 1. The Bertz CT molecular complexity index is 398. The van der Waals surface area contributed by atoms with Crippen LogP contribution in [0, 0.1) is 0 Å². The summed E-state index contributed by atoms with van der Waals surface area (Å²) in [6.45, 7) is 3.45. The monoisotopic (exact) mass is 193 g/mol. The Balaban J connectivity index is 2.46. The number of hydrogen-bond donors (Lipinski definition) is 2. The maximum absolute atomic E-state index is 11.4. The van der Waals surface area contributed by atoms with Gasteiger partial charge in [0.1, 0.15) is 11.3 Å². The molecule has 1 aromatic carbocycles. The lowest BCUT2D eigenvalue weighted by atomic mass is 10.0. The number of aromatic hydroxyl groups is 1. The highest BCUT2D eigenvalue weighted by atomic mass is 16.5. The standard InChI is InChI=1S/C10H11NO3/c1-10(2)9(13)14-8-4-3-6(12)5-7(8)11-10/h3-5,11-12H,1-2H3. The van der Waals surface area contributed by atoms with Gasteiger partial charge in [0.05, 0.1) is 5.69 Å². The first-order chi connectivity index (χ1) is 6.49. The molecule has 74 valence electrons. The van der Waals surface area contributed by atoms with Crippen molar-refractivity contribution in [3.8, 4) is 11.5 Å². The van der Waals surface area contributed by atoms with Gasteiger partial charge in [-0.05, 0) is 26.0 Å². The number of esters is 1. The summed E-state index contributed by atoms with van der Waals surface area (Å²) in [6.07, 6.45) is 0. The molecule has 0 saturated carbocycles. The Labute approximate surface area is 81.5 Å². The fourth-order valence-electron chi connectivity index (χ4n) is 1.32. The van der Waals surface area contributed by atoms with Crippen LogP contribution in [0.5, 0.6) is 11.5 Å². The number of rotatable bonds is 0. The third kappa shape index (κ3) is 1.28. The van der Waals surface area contributed by atoms with E-state index in [0.29, 0.717) is 11.4 Å². The maximum Gasteiger partial charge on any atom is 0.336 e. The van der Waals surface area contributed by atoms with E-state index < -0.39 is 5.54 Å². The fourth-order valence-corrected chi connectivity index (χ4v) is 1.32. The molecule has 0 saturated heterocycles. The lowest BCUT2D eigenvalue weighted by molar-refractivity contribution is -0.139. The summed E-state index contributed by atoms with van der Waals surface area (Å²) >= 11 is 0. The summed E-state index contributed by atoms with van der Waals surface area (Å²) in [7, 11) is 0. The quantitative estimate of drug-likeness (QED) is 0.484. The van der Waals surface area contributed by atoms with Crippen LogP contribution in [0.15, 0.2) is 18.2 Å². The number of ether oxygens (including phenoxy) is 1. The van der Waals surface area contributed by atoms with Crippen LogP contribution >= 0.6 is 0 Å². The number of phenolic OH excluding ortho intramolecular Hbond substituents is 1. The smallest absolute Gasteiger partial charge is 0.336 e. The largest absolute Gasteiger partial charge is 0.508 e. The number of benzene rings is 1. The zero-order chi connectivity index (χ0) is 10.3. The van der Waals surface area contributed by atoms with E-state index in [0.717, 1.165) is 0 Å². The number of fused-ring (bicyclic) bond motifs is 1. The number of carbonyl (C=O) groups is 1. The molecule has 0 fully saturated rings.